The molecule has 0 saturated carbocycles. The molecule has 1 unspecified atom stereocenters. The molecule has 0 radical (unpaired) electrons. The third-order valence-corrected chi connectivity index (χ3v) is 4.58. The normalized spacial score (nSPS) is 14.4. The number of hydrogen-bond donors (Lipinski definition) is 2. The van der Waals surface area contributed by atoms with Crippen molar-refractivity contribution in [1.82, 2.24) is 9.97 Å². The van der Waals surface area contributed by atoms with Crippen molar-refractivity contribution in [2.75, 3.05) is 0 Å². The smallest absolute Gasteiger partial charge is 0.349 e. The Kier molecular flexibility index (Phi) is 3.61. The Bertz CT molecular complexity index is 912. The molecule has 1 atom stereocenters. The number of rotatable bonds is 3. The van der Waals surface area contributed by atoms with Crippen molar-refractivity contribution in [3.05, 3.63) is 28.9 Å². The predicted molar refractivity (Wildman–Crippen MR) is 78.9 cm³/mol. The van der Waals surface area contributed by atoms with E-state index in [2.05, 4.69) is 9.97 Å². The third-order valence-electron chi connectivity index (χ3n) is 3.40. The van der Waals surface area contributed by atoms with Gasteiger partial charge in [0, 0.05) is 5.56 Å². The highest BCUT2D eigenvalue weighted by atomic mass is 35.5. The first-order valence-electron chi connectivity index (χ1n) is 6.54. The Morgan fingerprint density at radius 1 is 1.55 bits per heavy atom. The van der Waals surface area contributed by atoms with Crippen LogP contribution in [-0.2, 0) is 11.1 Å². The molecule has 3 aromatic heterocycles. The van der Waals surface area contributed by atoms with Crippen LogP contribution < -0.4 is 15.0 Å². The number of halogens is 1. The van der Waals surface area contributed by atoms with Gasteiger partial charge in [0.1, 0.15) is 11.7 Å². The summed E-state index contributed by atoms with van der Waals surface area (Å²) in [7, 11) is -4.67. The molecule has 0 aliphatic rings. The zero-order valence-electron chi connectivity index (χ0n) is 11.8. The van der Waals surface area contributed by atoms with Crippen LogP contribution in [0.25, 0.3) is 22.7 Å². The molecule has 9 heteroatoms. The van der Waals surface area contributed by atoms with Crippen molar-refractivity contribution in [1.29, 1.82) is 0 Å². The number of fused-ring (bicyclic) bond motifs is 1. The summed E-state index contributed by atoms with van der Waals surface area (Å²) in [5.41, 5.74) is 1.77. The third kappa shape index (κ3) is 2.46. The van der Waals surface area contributed by atoms with Crippen molar-refractivity contribution >= 4 is 35.9 Å². The summed E-state index contributed by atoms with van der Waals surface area (Å²) in [4.78, 5) is 27.6. The van der Waals surface area contributed by atoms with Crippen LogP contribution in [0.15, 0.2) is 22.7 Å². The number of H-pyrrole nitrogens is 1. The van der Waals surface area contributed by atoms with E-state index in [1.807, 2.05) is 18.4 Å². The van der Waals surface area contributed by atoms with Crippen molar-refractivity contribution in [3.63, 3.8) is 0 Å². The van der Waals surface area contributed by atoms with Gasteiger partial charge in [0.25, 0.3) is 5.82 Å². The summed E-state index contributed by atoms with van der Waals surface area (Å²) in [6, 6.07) is 2.62. The van der Waals surface area contributed by atoms with E-state index in [9.17, 15) is 9.46 Å². The Balaban J connectivity index is 2.19. The molecule has 0 aliphatic heterocycles. The van der Waals surface area contributed by atoms with Crippen LogP contribution in [0.3, 0.4) is 0 Å². The molecule has 3 aromatic rings. The number of furan rings is 1. The van der Waals surface area contributed by atoms with Gasteiger partial charge in [0.05, 0.1) is 11.6 Å². The van der Waals surface area contributed by atoms with Crippen LogP contribution in [0, 0.1) is 6.92 Å². The second-order valence-electron chi connectivity index (χ2n) is 4.83. The highest BCUT2D eigenvalue weighted by Gasteiger charge is 2.23. The number of nitrogens with one attached hydrogen (secondary N) is 1. The Labute approximate surface area is 130 Å². The molecule has 0 aliphatic carbocycles. The van der Waals surface area contributed by atoms with Crippen molar-refractivity contribution < 1.29 is 23.3 Å². The van der Waals surface area contributed by atoms with E-state index in [1.54, 1.807) is 6.20 Å². The SMILES string of the molecule is CC[n+]1cc(Cl)c(C)c2[nH]c(-c3ccc(P(=O)([O-])O)o3)nc21. The summed E-state index contributed by atoms with van der Waals surface area (Å²) in [5.74, 6) is 0.580. The quantitative estimate of drug-likeness (QED) is 0.551. The van der Waals surface area contributed by atoms with Gasteiger partial charge in [-0.1, -0.05) is 11.6 Å². The maximum Gasteiger partial charge on any atom is 0.349 e. The Morgan fingerprint density at radius 2 is 2.27 bits per heavy atom. The number of hydrogen-bond acceptors (Lipinski definition) is 4. The maximum absolute atomic E-state index is 11.1. The summed E-state index contributed by atoms with van der Waals surface area (Å²) in [6.45, 7) is 4.50. The molecule has 0 spiro atoms. The Morgan fingerprint density at radius 3 is 2.86 bits per heavy atom. The van der Waals surface area contributed by atoms with Gasteiger partial charge >= 0.3 is 5.65 Å². The molecular formula is C13H13ClN3O4P. The predicted octanol–water partition coefficient (Wildman–Crippen LogP) is 1.26. The van der Waals surface area contributed by atoms with Crippen molar-refractivity contribution in [2.45, 2.75) is 20.4 Å². The minimum atomic E-state index is -4.67. The van der Waals surface area contributed by atoms with Crippen LogP contribution in [0.1, 0.15) is 12.5 Å². The largest absolute Gasteiger partial charge is 0.773 e. The zero-order chi connectivity index (χ0) is 16.1. The van der Waals surface area contributed by atoms with E-state index in [1.165, 1.54) is 12.1 Å². The van der Waals surface area contributed by atoms with Crippen molar-refractivity contribution in [3.8, 4) is 11.6 Å². The number of nitrogens with zero attached hydrogens (tertiary/aromatic N) is 2. The fraction of sp³-hybridized carbons (Fsp3) is 0.231. The molecule has 2 N–H and O–H groups in total. The van der Waals surface area contributed by atoms with Crippen LogP contribution in [-0.4, -0.2) is 14.9 Å². The molecule has 0 fully saturated rings. The molecule has 3 rings (SSSR count). The average molecular weight is 342 g/mol. The summed E-state index contributed by atoms with van der Waals surface area (Å²) in [6.07, 6.45) is 1.79. The van der Waals surface area contributed by atoms with Gasteiger partial charge in [0.2, 0.25) is 0 Å². The van der Waals surface area contributed by atoms with E-state index in [4.69, 9.17) is 20.9 Å². The molecular weight excluding hydrogens is 329 g/mol. The van der Waals surface area contributed by atoms with Gasteiger partial charge in [-0.25, -0.2) is 4.57 Å². The van der Waals surface area contributed by atoms with Gasteiger partial charge in [-0.05, 0) is 31.0 Å². The number of pyridine rings is 1. The van der Waals surface area contributed by atoms with Crippen LogP contribution in [0.2, 0.25) is 5.02 Å². The summed E-state index contributed by atoms with van der Waals surface area (Å²) < 4.78 is 18.1. The lowest BCUT2D eigenvalue weighted by atomic mass is 10.2. The van der Waals surface area contributed by atoms with Crippen LogP contribution >= 0.6 is 19.2 Å². The van der Waals surface area contributed by atoms with Crippen molar-refractivity contribution in [2.24, 2.45) is 0 Å². The second-order valence-corrected chi connectivity index (χ2v) is 6.72. The maximum atomic E-state index is 11.1. The molecule has 0 saturated heterocycles. The molecule has 0 amide bonds. The van der Waals surface area contributed by atoms with Gasteiger partial charge in [0.15, 0.2) is 18.9 Å². The lowest BCUT2D eigenvalue weighted by molar-refractivity contribution is -0.669. The van der Waals surface area contributed by atoms with Crippen LogP contribution in [0.4, 0.5) is 0 Å². The van der Waals surface area contributed by atoms with Gasteiger partial charge < -0.3 is 23.8 Å². The fourth-order valence-corrected chi connectivity index (χ4v) is 2.90. The minimum Gasteiger partial charge on any atom is -0.773 e. The minimum absolute atomic E-state index is 0.217. The van der Waals surface area contributed by atoms with E-state index < -0.39 is 13.1 Å². The zero-order valence-corrected chi connectivity index (χ0v) is 13.5. The lowest BCUT2D eigenvalue weighted by Gasteiger charge is -2.10. The first-order valence-corrected chi connectivity index (χ1v) is 8.49. The molecule has 0 bridgehead atoms. The van der Waals surface area contributed by atoms with E-state index >= 15 is 0 Å². The molecule has 3 heterocycles. The average Bonchev–Trinajstić information content (AvgIpc) is 3.08. The number of aryl methyl sites for hydroxylation is 2. The highest BCUT2D eigenvalue weighted by molar-refractivity contribution is 7.58. The van der Waals surface area contributed by atoms with Crippen LogP contribution in [0.5, 0.6) is 0 Å². The van der Waals surface area contributed by atoms with Gasteiger partial charge in [-0.2, -0.15) is 0 Å². The topological polar surface area (TPSA) is 106 Å². The molecule has 116 valence electrons. The monoisotopic (exact) mass is 341 g/mol. The Hall–Kier alpha value is -1.66. The van der Waals surface area contributed by atoms with E-state index in [-0.39, 0.29) is 5.76 Å². The highest BCUT2D eigenvalue weighted by Crippen LogP contribution is 2.31. The summed E-state index contributed by atoms with van der Waals surface area (Å²) in [5, 5.41) is 0.601. The number of imidazole rings is 1. The number of aromatic nitrogens is 3. The standard InChI is InChI=1S/C13H13ClN3O4P/c1-3-17-6-8(14)7(2)11-13(17)16-12(15-11)9-4-5-10(21-9)22(18,19)20/h4-6H,3H2,1-2H3,(H2,18,19,20). The van der Waals surface area contributed by atoms with E-state index in [0.29, 0.717) is 23.0 Å². The second kappa shape index (κ2) is 5.21. The van der Waals surface area contributed by atoms with Gasteiger partial charge in [-0.3, -0.25) is 0 Å². The van der Waals surface area contributed by atoms with E-state index in [0.717, 1.165) is 11.1 Å². The lowest BCUT2D eigenvalue weighted by Crippen LogP contribution is -2.33. The molecule has 22 heavy (non-hydrogen) atoms. The van der Waals surface area contributed by atoms with Gasteiger partial charge in [-0.15, -0.1) is 0 Å². The fourth-order valence-electron chi connectivity index (χ4n) is 2.21. The molecule has 7 nitrogen and oxygen atoms in total. The first-order chi connectivity index (χ1) is 10.3. The summed E-state index contributed by atoms with van der Waals surface area (Å²) >= 11 is 6.19. The first kappa shape index (κ1) is 15.2. The molecule has 0 aromatic carbocycles. The number of aromatic amines is 1.